The summed E-state index contributed by atoms with van der Waals surface area (Å²) in [5.41, 5.74) is 5.13. The summed E-state index contributed by atoms with van der Waals surface area (Å²) in [5, 5.41) is 1.15. The molecule has 3 N–H and O–H groups in total. The third-order valence-electron chi connectivity index (χ3n) is 4.03. The molecule has 3 rings (SSSR count). The Balaban J connectivity index is 1.96. The molecule has 1 saturated heterocycles. The number of hydrogen-bond acceptors (Lipinski definition) is 4. The highest BCUT2D eigenvalue weighted by molar-refractivity contribution is 5.79. The Morgan fingerprint density at radius 2 is 2.32 bits per heavy atom. The first-order valence-electron chi connectivity index (χ1n) is 6.72. The van der Waals surface area contributed by atoms with Crippen molar-refractivity contribution < 1.29 is 4.74 Å². The smallest absolute Gasteiger partial charge is 0.0705 e. The van der Waals surface area contributed by atoms with E-state index in [1.807, 2.05) is 12.3 Å². The van der Waals surface area contributed by atoms with Gasteiger partial charge >= 0.3 is 0 Å². The Labute approximate surface area is 112 Å². The second-order valence-electron chi connectivity index (χ2n) is 5.13. The van der Waals surface area contributed by atoms with Crippen LogP contribution in [0.2, 0.25) is 0 Å². The van der Waals surface area contributed by atoms with Gasteiger partial charge in [-0.3, -0.25) is 16.3 Å². The highest BCUT2D eigenvalue weighted by atomic mass is 16.5. The zero-order valence-electron chi connectivity index (χ0n) is 11.0. The number of rotatable bonds is 3. The summed E-state index contributed by atoms with van der Waals surface area (Å²) in [7, 11) is 0. The van der Waals surface area contributed by atoms with Crippen molar-refractivity contribution >= 4 is 10.9 Å². The Morgan fingerprint density at radius 1 is 1.42 bits per heavy atom. The van der Waals surface area contributed by atoms with Crippen LogP contribution in [0.15, 0.2) is 36.5 Å². The lowest BCUT2D eigenvalue weighted by atomic mass is 9.88. The second kappa shape index (κ2) is 5.25. The Bertz CT molecular complexity index is 572. The molecule has 3 unspecified atom stereocenters. The van der Waals surface area contributed by atoms with Crippen LogP contribution in [0.5, 0.6) is 0 Å². The van der Waals surface area contributed by atoms with Crippen molar-refractivity contribution in [1.29, 1.82) is 0 Å². The predicted octanol–water partition coefficient (Wildman–Crippen LogP) is 2.16. The van der Waals surface area contributed by atoms with Crippen LogP contribution in [0, 0.1) is 5.92 Å². The number of nitrogens with two attached hydrogens (primary N) is 1. The van der Waals surface area contributed by atoms with Crippen LogP contribution in [-0.4, -0.2) is 17.7 Å². The number of pyridine rings is 1. The first kappa shape index (κ1) is 12.5. The van der Waals surface area contributed by atoms with Gasteiger partial charge in [-0.1, -0.05) is 18.2 Å². The number of ether oxygens (including phenoxy) is 1. The van der Waals surface area contributed by atoms with Crippen LogP contribution in [0.25, 0.3) is 10.9 Å². The summed E-state index contributed by atoms with van der Waals surface area (Å²) in [5.74, 6) is 6.17. The fourth-order valence-electron chi connectivity index (χ4n) is 2.93. The monoisotopic (exact) mass is 257 g/mol. The van der Waals surface area contributed by atoms with Gasteiger partial charge in [-0.25, -0.2) is 0 Å². The van der Waals surface area contributed by atoms with Crippen molar-refractivity contribution in [3.05, 3.63) is 42.1 Å². The van der Waals surface area contributed by atoms with Crippen LogP contribution in [0.1, 0.15) is 24.9 Å². The van der Waals surface area contributed by atoms with E-state index in [0.29, 0.717) is 5.92 Å². The summed E-state index contributed by atoms with van der Waals surface area (Å²) in [6, 6.07) is 10.5. The van der Waals surface area contributed by atoms with E-state index in [2.05, 4.69) is 41.6 Å². The summed E-state index contributed by atoms with van der Waals surface area (Å²) < 4.78 is 5.65. The zero-order chi connectivity index (χ0) is 13.2. The molecule has 100 valence electrons. The molecule has 0 saturated carbocycles. The lowest BCUT2D eigenvalue weighted by Crippen LogP contribution is -2.36. The molecule has 4 nitrogen and oxygen atoms in total. The normalized spacial score (nSPS) is 24.7. The molecule has 0 spiro atoms. The lowest BCUT2D eigenvalue weighted by Gasteiger charge is -2.25. The minimum atomic E-state index is 0.115. The van der Waals surface area contributed by atoms with Crippen LogP contribution in [-0.2, 0) is 4.74 Å². The van der Waals surface area contributed by atoms with Crippen LogP contribution >= 0.6 is 0 Å². The van der Waals surface area contributed by atoms with E-state index in [-0.39, 0.29) is 12.1 Å². The van der Waals surface area contributed by atoms with Gasteiger partial charge in [-0.2, -0.15) is 0 Å². The van der Waals surface area contributed by atoms with Crippen molar-refractivity contribution in [3.63, 3.8) is 0 Å². The Morgan fingerprint density at radius 3 is 3.05 bits per heavy atom. The lowest BCUT2D eigenvalue weighted by molar-refractivity contribution is 0.0954. The maximum atomic E-state index is 5.76. The SMILES string of the molecule is CC1OCCC1C(NN)c1ccc2cccnc2c1. The third kappa shape index (κ3) is 2.34. The second-order valence-corrected chi connectivity index (χ2v) is 5.13. The van der Waals surface area contributed by atoms with E-state index < -0.39 is 0 Å². The van der Waals surface area contributed by atoms with Gasteiger partial charge in [0.25, 0.3) is 0 Å². The van der Waals surface area contributed by atoms with Gasteiger partial charge in [-0.05, 0) is 31.0 Å². The average molecular weight is 257 g/mol. The zero-order valence-corrected chi connectivity index (χ0v) is 11.0. The molecule has 2 heterocycles. The number of nitrogens with zero attached hydrogens (tertiary/aromatic N) is 1. The third-order valence-corrected chi connectivity index (χ3v) is 4.03. The van der Waals surface area contributed by atoms with Crippen molar-refractivity contribution in [2.24, 2.45) is 11.8 Å². The topological polar surface area (TPSA) is 60.2 Å². The summed E-state index contributed by atoms with van der Waals surface area (Å²) >= 11 is 0. The summed E-state index contributed by atoms with van der Waals surface area (Å²) in [4.78, 5) is 4.40. The van der Waals surface area contributed by atoms with Crippen molar-refractivity contribution in [1.82, 2.24) is 10.4 Å². The highest BCUT2D eigenvalue weighted by Crippen LogP contribution is 2.33. The largest absolute Gasteiger partial charge is 0.378 e. The van der Waals surface area contributed by atoms with Crippen molar-refractivity contribution in [2.75, 3.05) is 6.61 Å². The maximum absolute atomic E-state index is 5.76. The first-order valence-corrected chi connectivity index (χ1v) is 6.72. The molecular formula is C15H19N3O. The van der Waals surface area contributed by atoms with Gasteiger partial charge in [-0.15, -0.1) is 0 Å². The van der Waals surface area contributed by atoms with E-state index in [0.717, 1.165) is 23.9 Å². The van der Waals surface area contributed by atoms with Gasteiger partial charge in [0, 0.05) is 24.1 Å². The number of fused-ring (bicyclic) bond motifs is 1. The molecule has 0 bridgehead atoms. The molecule has 0 amide bonds. The van der Waals surface area contributed by atoms with Crippen LogP contribution < -0.4 is 11.3 Å². The molecular weight excluding hydrogens is 238 g/mol. The fraction of sp³-hybridized carbons (Fsp3) is 0.400. The van der Waals surface area contributed by atoms with Crippen LogP contribution in [0.4, 0.5) is 0 Å². The molecule has 3 atom stereocenters. The van der Waals surface area contributed by atoms with E-state index in [1.54, 1.807) is 0 Å². The Hall–Kier alpha value is -1.49. The molecule has 1 fully saturated rings. The molecule has 1 aliphatic heterocycles. The first-order chi connectivity index (χ1) is 9.29. The Kier molecular flexibility index (Phi) is 3.46. The number of benzene rings is 1. The minimum Gasteiger partial charge on any atom is -0.378 e. The number of nitrogens with one attached hydrogen (secondary N) is 1. The minimum absolute atomic E-state index is 0.115. The van der Waals surface area contributed by atoms with Gasteiger partial charge in [0.1, 0.15) is 0 Å². The molecule has 0 aliphatic carbocycles. The quantitative estimate of drug-likeness (QED) is 0.653. The van der Waals surface area contributed by atoms with Gasteiger partial charge in [0.15, 0.2) is 0 Å². The molecule has 1 aromatic carbocycles. The van der Waals surface area contributed by atoms with Crippen molar-refractivity contribution in [3.8, 4) is 0 Å². The van der Waals surface area contributed by atoms with Crippen LogP contribution in [0.3, 0.4) is 0 Å². The number of aromatic nitrogens is 1. The molecule has 4 heteroatoms. The van der Waals surface area contributed by atoms with Gasteiger partial charge < -0.3 is 4.74 Å². The van der Waals surface area contributed by atoms with Gasteiger partial charge in [0.2, 0.25) is 0 Å². The predicted molar refractivity (Wildman–Crippen MR) is 75.3 cm³/mol. The molecule has 2 aromatic rings. The molecule has 19 heavy (non-hydrogen) atoms. The van der Waals surface area contributed by atoms with E-state index in [4.69, 9.17) is 10.6 Å². The standard InChI is InChI=1S/C15H19N3O/c1-10-13(6-8-19-10)15(18-16)12-5-4-11-3-2-7-17-14(11)9-12/h2-5,7,9-10,13,15,18H,6,8,16H2,1H3. The molecule has 0 radical (unpaired) electrons. The summed E-state index contributed by atoms with van der Waals surface area (Å²) in [6.45, 7) is 2.93. The van der Waals surface area contributed by atoms with E-state index >= 15 is 0 Å². The van der Waals surface area contributed by atoms with E-state index in [1.165, 1.54) is 5.56 Å². The number of hydrogen-bond donors (Lipinski definition) is 2. The summed E-state index contributed by atoms with van der Waals surface area (Å²) in [6.07, 6.45) is 3.09. The number of hydrazine groups is 1. The highest BCUT2D eigenvalue weighted by Gasteiger charge is 2.32. The molecule has 1 aliphatic rings. The maximum Gasteiger partial charge on any atom is 0.0705 e. The molecule has 1 aromatic heterocycles. The van der Waals surface area contributed by atoms with Gasteiger partial charge in [0.05, 0.1) is 17.7 Å². The van der Waals surface area contributed by atoms with Crippen molar-refractivity contribution in [2.45, 2.75) is 25.5 Å². The average Bonchev–Trinajstić information content (AvgIpc) is 2.86. The van der Waals surface area contributed by atoms with E-state index in [9.17, 15) is 0 Å². The fourth-order valence-corrected chi connectivity index (χ4v) is 2.93.